The minimum absolute atomic E-state index is 0.247. The van der Waals surface area contributed by atoms with E-state index in [1.54, 1.807) is 7.11 Å². The molecular weight excluding hydrogens is 308 g/mol. The first-order chi connectivity index (χ1) is 10.1. The lowest BCUT2D eigenvalue weighted by molar-refractivity contribution is 0.416. The molecule has 0 N–H and O–H groups in total. The van der Waals surface area contributed by atoms with E-state index in [1.807, 2.05) is 29.6 Å². The van der Waals surface area contributed by atoms with Crippen molar-refractivity contribution < 1.29 is 13.2 Å². The van der Waals surface area contributed by atoms with Crippen LogP contribution in [-0.2, 0) is 16.6 Å². The predicted molar refractivity (Wildman–Crippen MR) is 82.9 cm³/mol. The topological polar surface area (TPSA) is 59.5 Å². The van der Waals surface area contributed by atoms with Crippen LogP contribution in [0.15, 0.2) is 29.6 Å². The lowest BCUT2D eigenvalue weighted by atomic mass is 10.2. The Morgan fingerprint density at radius 1 is 1.38 bits per heavy atom. The lowest BCUT2D eigenvalue weighted by Gasteiger charge is -2.11. The van der Waals surface area contributed by atoms with E-state index < -0.39 is 10.0 Å². The molecule has 1 fully saturated rings. The van der Waals surface area contributed by atoms with Crippen LogP contribution in [0.2, 0.25) is 0 Å². The Hall–Kier alpha value is -1.44. The zero-order chi connectivity index (χ0) is 14.9. The van der Waals surface area contributed by atoms with Crippen molar-refractivity contribution in [2.75, 3.05) is 19.4 Å². The Morgan fingerprint density at radius 3 is 2.90 bits per heavy atom. The third kappa shape index (κ3) is 2.95. The van der Waals surface area contributed by atoms with Gasteiger partial charge in [-0.2, -0.15) is 4.31 Å². The number of hydrogen-bond acceptors (Lipinski definition) is 5. The van der Waals surface area contributed by atoms with E-state index in [1.165, 1.54) is 15.6 Å². The number of methoxy groups -OCH3 is 1. The summed E-state index contributed by atoms with van der Waals surface area (Å²) in [4.78, 5) is 4.55. The molecule has 112 valence electrons. The van der Waals surface area contributed by atoms with Crippen LogP contribution in [0.3, 0.4) is 0 Å². The van der Waals surface area contributed by atoms with Crippen molar-refractivity contribution in [1.82, 2.24) is 9.29 Å². The van der Waals surface area contributed by atoms with Crippen LogP contribution < -0.4 is 4.74 Å². The largest absolute Gasteiger partial charge is 0.496 e. The molecule has 0 unspecified atom stereocenters. The van der Waals surface area contributed by atoms with Gasteiger partial charge in [0.05, 0.1) is 30.7 Å². The summed E-state index contributed by atoms with van der Waals surface area (Å²) in [6.45, 7) is 0.942. The molecule has 1 aliphatic heterocycles. The Kier molecular flexibility index (Phi) is 3.97. The van der Waals surface area contributed by atoms with E-state index in [2.05, 4.69) is 4.98 Å². The fourth-order valence-electron chi connectivity index (χ4n) is 2.37. The molecule has 1 aromatic heterocycles. The van der Waals surface area contributed by atoms with Crippen LogP contribution in [0.1, 0.15) is 12.1 Å². The van der Waals surface area contributed by atoms with Gasteiger partial charge in [0.2, 0.25) is 10.0 Å². The van der Waals surface area contributed by atoms with Gasteiger partial charge in [-0.15, -0.1) is 11.3 Å². The smallest absolute Gasteiger partial charge is 0.214 e. The monoisotopic (exact) mass is 324 g/mol. The molecule has 0 bridgehead atoms. The molecule has 0 spiro atoms. The minimum atomic E-state index is -3.08. The fourth-order valence-corrected chi connectivity index (χ4v) is 4.70. The van der Waals surface area contributed by atoms with Gasteiger partial charge in [0.1, 0.15) is 10.8 Å². The van der Waals surface area contributed by atoms with Gasteiger partial charge in [-0.3, -0.25) is 0 Å². The van der Waals surface area contributed by atoms with Crippen LogP contribution in [0.25, 0.3) is 10.6 Å². The highest BCUT2D eigenvalue weighted by Crippen LogP contribution is 2.32. The van der Waals surface area contributed by atoms with Crippen LogP contribution in [0, 0.1) is 0 Å². The molecular formula is C14H16N2O3S2. The summed E-state index contributed by atoms with van der Waals surface area (Å²) in [6.07, 6.45) is 0.700. The molecule has 1 aliphatic rings. The van der Waals surface area contributed by atoms with Gasteiger partial charge in [0, 0.05) is 11.9 Å². The number of rotatable bonds is 4. The maximum Gasteiger partial charge on any atom is 0.214 e. The molecule has 3 rings (SSSR count). The Bertz CT molecular complexity index is 740. The first-order valence-corrected chi connectivity index (χ1v) is 9.14. The summed E-state index contributed by atoms with van der Waals surface area (Å²) in [5.74, 6) is 1.02. The number of hydrogen-bond donors (Lipinski definition) is 0. The molecule has 21 heavy (non-hydrogen) atoms. The molecule has 0 saturated carbocycles. The zero-order valence-electron chi connectivity index (χ0n) is 11.7. The fraction of sp³-hybridized carbons (Fsp3) is 0.357. The molecule has 7 heteroatoms. The van der Waals surface area contributed by atoms with E-state index >= 15 is 0 Å². The maximum atomic E-state index is 11.8. The van der Waals surface area contributed by atoms with Gasteiger partial charge >= 0.3 is 0 Å². The molecule has 0 radical (unpaired) electrons. The van der Waals surface area contributed by atoms with Gasteiger partial charge in [-0.25, -0.2) is 13.4 Å². The first kappa shape index (κ1) is 14.5. The van der Waals surface area contributed by atoms with Gasteiger partial charge in [-0.1, -0.05) is 12.1 Å². The average Bonchev–Trinajstić information content (AvgIpc) is 3.06. The van der Waals surface area contributed by atoms with E-state index in [0.717, 1.165) is 22.0 Å². The standard InChI is InChI=1S/C14H16N2O3S2/c1-19-13-6-3-2-5-12(13)14-15-11(10-20-14)9-16-7-4-8-21(16,17)18/h2-3,5-6,10H,4,7-9H2,1H3. The van der Waals surface area contributed by atoms with Crippen LogP contribution in [0.5, 0.6) is 5.75 Å². The third-order valence-corrected chi connectivity index (χ3v) is 6.26. The molecule has 1 aromatic carbocycles. The van der Waals surface area contributed by atoms with Crippen molar-refractivity contribution in [3.63, 3.8) is 0 Å². The Labute approximate surface area is 128 Å². The summed E-state index contributed by atoms with van der Waals surface area (Å²) < 4.78 is 30.5. The van der Waals surface area contributed by atoms with Crippen molar-refractivity contribution in [2.45, 2.75) is 13.0 Å². The van der Waals surface area contributed by atoms with Gasteiger partial charge < -0.3 is 4.74 Å². The second-order valence-corrected chi connectivity index (χ2v) is 7.79. The number of aromatic nitrogens is 1. The van der Waals surface area contributed by atoms with E-state index in [9.17, 15) is 8.42 Å². The van der Waals surface area contributed by atoms with Crippen molar-refractivity contribution in [3.8, 4) is 16.3 Å². The molecule has 0 amide bonds. The van der Waals surface area contributed by atoms with Crippen LogP contribution in [0.4, 0.5) is 0 Å². The summed E-state index contributed by atoms with van der Waals surface area (Å²) in [5.41, 5.74) is 1.71. The number of para-hydroxylation sites is 1. The number of thiazole rings is 1. The molecule has 2 aromatic rings. The van der Waals surface area contributed by atoms with Crippen molar-refractivity contribution in [3.05, 3.63) is 35.3 Å². The summed E-state index contributed by atoms with van der Waals surface area (Å²) >= 11 is 1.50. The predicted octanol–water partition coefficient (Wildman–Crippen LogP) is 2.35. The SMILES string of the molecule is COc1ccccc1-c1nc(CN2CCCS2(=O)=O)cs1. The van der Waals surface area contributed by atoms with Crippen LogP contribution in [-0.4, -0.2) is 37.1 Å². The van der Waals surface area contributed by atoms with Crippen LogP contribution >= 0.6 is 11.3 Å². The minimum Gasteiger partial charge on any atom is -0.496 e. The molecule has 0 atom stereocenters. The van der Waals surface area contributed by atoms with Crippen molar-refractivity contribution in [1.29, 1.82) is 0 Å². The van der Waals surface area contributed by atoms with Gasteiger partial charge in [-0.05, 0) is 18.6 Å². The second kappa shape index (κ2) is 5.75. The molecule has 2 heterocycles. The highest BCUT2D eigenvalue weighted by atomic mass is 32.2. The Balaban J connectivity index is 1.84. The van der Waals surface area contributed by atoms with Gasteiger partial charge in [0.25, 0.3) is 0 Å². The average molecular weight is 324 g/mol. The highest BCUT2D eigenvalue weighted by Gasteiger charge is 2.28. The number of sulfonamides is 1. The molecule has 5 nitrogen and oxygen atoms in total. The molecule has 0 aliphatic carbocycles. The lowest BCUT2D eigenvalue weighted by Crippen LogP contribution is -2.25. The number of benzene rings is 1. The van der Waals surface area contributed by atoms with E-state index in [-0.39, 0.29) is 5.75 Å². The highest BCUT2D eigenvalue weighted by molar-refractivity contribution is 7.89. The summed E-state index contributed by atoms with van der Waals surface area (Å²) in [7, 11) is -1.45. The van der Waals surface area contributed by atoms with Gasteiger partial charge in [0.15, 0.2) is 0 Å². The summed E-state index contributed by atoms with van der Waals surface area (Å²) in [5, 5.41) is 2.76. The maximum absolute atomic E-state index is 11.8. The van der Waals surface area contributed by atoms with E-state index in [4.69, 9.17) is 4.74 Å². The quantitative estimate of drug-likeness (QED) is 0.866. The van der Waals surface area contributed by atoms with Crippen molar-refractivity contribution >= 4 is 21.4 Å². The zero-order valence-corrected chi connectivity index (χ0v) is 13.3. The normalized spacial score (nSPS) is 18.0. The summed E-state index contributed by atoms with van der Waals surface area (Å²) in [6, 6.07) is 7.69. The van der Waals surface area contributed by atoms with Crippen molar-refractivity contribution in [2.24, 2.45) is 0 Å². The Morgan fingerprint density at radius 2 is 2.19 bits per heavy atom. The third-order valence-electron chi connectivity index (χ3n) is 3.43. The first-order valence-electron chi connectivity index (χ1n) is 6.66. The van der Waals surface area contributed by atoms with E-state index in [0.29, 0.717) is 19.5 Å². The second-order valence-electron chi connectivity index (χ2n) is 4.85. The number of ether oxygens (including phenoxy) is 1. The number of nitrogens with zero attached hydrogens (tertiary/aromatic N) is 2. The molecule has 1 saturated heterocycles.